The molecular weight excluding hydrogens is 439 g/mol. The van der Waals surface area contributed by atoms with E-state index in [0.29, 0.717) is 31.7 Å². The molecule has 1 amide bonds. The maximum Gasteiger partial charge on any atom is 0.250 e. The van der Waals surface area contributed by atoms with Crippen molar-refractivity contribution in [3.05, 3.63) is 75.4 Å². The van der Waals surface area contributed by atoms with Crippen LogP contribution in [0.15, 0.2) is 59.0 Å². The Kier molecular flexibility index (Phi) is 5.42. The van der Waals surface area contributed by atoms with Crippen molar-refractivity contribution in [3.8, 4) is 11.3 Å². The Hall–Kier alpha value is -2.31. The largest absolute Gasteiger partial charge is 0.457 e. The third-order valence-corrected chi connectivity index (χ3v) is 5.36. The SMILES string of the molecule is O=C(/C=C/c1ccc(-c2cc(Cl)cc(Cl)c2)o1)Nc1nc2ccc(Cl)cc2s1. The molecule has 2 aromatic heterocycles. The van der Waals surface area contributed by atoms with Crippen molar-refractivity contribution in [2.75, 3.05) is 5.32 Å². The number of carbonyl (C=O) groups excluding carboxylic acids is 1. The van der Waals surface area contributed by atoms with E-state index in [1.807, 2.05) is 12.1 Å². The van der Waals surface area contributed by atoms with Crippen LogP contribution in [0.25, 0.3) is 27.6 Å². The monoisotopic (exact) mass is 448 g/mol. The highest BCUT2D eigenvalue weighted by Crippen LogP contribution is 2.30. The average Bonchev–Trinajstić information content (AvgIpc) is 3.25. The summed E-state index contributed by atoms with van der Waals surface area (Å²) in [6, 6.07) is 14.1. The topological polar surface area (TPSA) is 55.1 Å². The van der Waals surface area contributed by atoms with Gasteiger partial charge in [-0.25, -0.2) is 4.98 Å². The minimum absolute atomic E-state index is 0.311. The zero-order valence-electron chi connectivity index (χ0n) is 14.1. The lowest BCUT2D eigenvalue weighted by atomic mass is 10.2. The summed E-state index contributed by atoms with van der Waals surface area (Å²) < 4.78 is 6.63. The van der Waals surface area contributed by atoms with Gasteiger partial charge in [0.25, 0.3) is 0 Å². The predicted molar refractivity (Wildman–Crippen MR) is 116 cm³/mol. The lowest BCUT2D eigenvalue weighted by Crippen LogP contribution is -2.07. The molecule has 1 N–H and O–H groups in total. The van der Waals surface area contributed by atoms with E-state index in [1.165, 1.54) is 17.4 Å². The summed E-state index contributed by atoms with van der Waals surface area (Å²) in [6.07, 6.45) is 2.96. The van der Waals surface area contributed by atoms with Crippen molar-refractivity contribution in [2.24, 2.45) is 0 Å². The Bertz CT molecular complexity index is 1190. The Balaban J connectivity index is 1.46. The molecule has 4 nitrogen and oxygen atoms in total. The minimum atomic E-state index is -0.311. The standard InChI is InChI=1S/C20H11Cl3N2O2S/c21-12-1-4-16-18(10-12)28-20(24-16)25-19(26)6-3-15-2-5-17(27-15)11-7-13(22)9-14(23)8-11/h1-10H,(H,24,25,26)/b6-3+. The molecule has 0 atom stereocenters. The predicted octanol–water partition coefficient (Wildman–Crippen LogP) is 7.17. The summed E-state index contributed by atoms with van der Waals surface area (Å²) in [4.78, 5) is 16.5. The van der Waals surface area contributed by atoms with Gasteiger partial charge < -0.3 is 4.42 Å². The van der Waals surface area contributed by atoms with E-state index < -0.39 is 0 Å². The van der Waals surface area contributed by atoms with Gasteiger partial charge >= 0.3 is 0 Å². The van der Waals surface area contributed by atoms with E-state index in [1.54, 1.807) is 42.5 Å². The van der Waals surface area contributed by atoms with E-state index >= 15 is 0 Å². The number of amides is 1. The van der Waals surface area contributed by atoms with Crippen molar-refractivity contribution in [1.82, 2.24) is 4.98 Å². The van der Waals surface area contributed by atoms with E-state index in [4.69, 9.17) is 39.2 Å². The summed E-state index contributed by atoms with van der Waals surface area (Å²) in [5.41, 5.74) is 1.54. The van der Waals surface area contributed by atoms with Gasteiger partial charge in [-0.3, -0.25) is 10.1 Å². The van der Waals surface area contributed by atoms with Crippen LogP contribution in [0, 0.1) is 0 Å². The van der Waals surface area contributed by atoms with Gasteiger partial charge in [0.1, 0.15) is 11.5 Å². The molecule has 4 aromatic rings. The second-order valence-corrected chi connectivity index (χ2v) is 8.15. The highest BCUT2D eigenvalue weighted by molar-refractivity contribution is 7.22. The van der Waals surface area contributed by atoms with Gasteiger partial charge in [-0.2, -0.15) is 0 Å². The number of rotatable bonds is 4. The van der Waals surface area contributed by atoms with E-state index in [0.717, 1.165) is 15.8 Å². The van der Waals surface area contributed by atoms with Crippen molar-refractivity contribution in [2.45, 2.75) is 0 Å². The summed E-state index contributed by atoms with van der Waals surface area (Å²) in [6.45, 7) is 0. The first-order chi connectivity index (χ1) is 13.5. The van der Waals surface area contributed by atoms with E-state index in [-0.39, 0.29) is 5.91 Å². The van der Waals surface area contributed by atoms with Gasteiger partial charge in [0.2, 0.25) is 5.91 Å². The van der Waals surface area contributed by atoms with Crippen molar-refractivity contribution < 1.29 is 9.21 Å². The Morgan fingerprint density at radius 2 is 1.79 bits per heavy atom. The molecule has 28 heavy (non-hydrogen) atoms. The number of benzene rings is 2. The van der Waals surface area contributed by atoms with Crippen LogP contribution in [-0.2, 0) is 4.79 Å². The third kappa shape index (κ3) is 4.39. The number of furan rings is 1. The molecule has 0 spiro atoms. The summed E-state index contributed by atoms with van der Waals surface area (Å²) >= 11 is 19.4. The summed E-state index contributed by atoms with van der Waals surface area (Å²) in [7, 11) is 0. The number of halogens is 3. The highest BCUT2D eigenvalue weighted by Gasteiger charge is 2.08. The number of hydrogen-bond acceptors (Lipinski definition) is 4. The number of anilines is 1. The molecule has 140 valence electrons. The van der Waals surface area contributed by atoms with Crippen molar-refractivity contribution in [1.29, 1.82) is 0 Å². The molecular formula is C20H11Cl3N2O2S. The van der Waals surface area contributed by atoms with E-state index in [9.17, 15) is 4.79 Å². The van der Waals surface area contributed by atoms with Crippen LogP contribution >= 0.6 is 46.1 Å². The van der Waals surface area contributed by atoms with Gasteiger partial charge in [0.05, 0.1) is 10.2 Å². The lowest BCUT2D eigenvalue weighted by Gasteiger charge is -1.99. The lowest BCUT2D eigenvalue weighted by molar-refractivity contribution is -0.111. The van der Waals surface area contributed by atoms with Crippen LogP contribution in [0.5, 0.6) is 0 Å². The van der Waals surface area contributed by atoms with Crippen LogP contribution in [0.4, 0.5) is 5.13 Å². The molecule has 8 heteroatoms. The molecule has 0 radical (unpaired) electrons. The van der Waals surface area contributed by atoms with Gasteiger partial charge in [0, 0.05) is 26.7 Å². The Morgan fingerprint density at radius 1 is 1.00 bits per heavy atom. The van der Waals surface area contributed by atoms with Gasteiger partial charge in [0.15, 0.2) is 5.13 Å². The molecule has 0 aliphatic heterocycles. The van der Waals surface area contributed by atoms with E-state index in [2.05, 4.69) is 10.3 Å². The Labute approximate surface area is 179 Å². The van der Waals surface area contributed by atoms with Crippen LogP contribution in [0.1, 0.15) is 5.76 Å². The second-order valence-electron chi connectivity index (χ2n) is 5.81. The van der Waals surface area contributed by atoms with Crippen molar-refractivity contribution in [3.63, 3.8) is 0 Å². The molecule has 0 unspecified atom stereocenters. The number of fused-ring (bicyclic) bond motifs is 1. The molecule has 2 aromatic carbocycles. The third-order valence-electron chi connectivity index (χ3n) is 3.75. The fourth-order valence-corrected chi connectivity index (χ4v) is 4.22. The number of carbonyl (C=O) groups is 1. The fourth-order valence-electron chi connectivity index (χ4n) is 2.55. The van der Waals surface area contributed by atoms with Gasteiger partial charge in [-0.1, -0.05) is 46.1 Å². The van der Waals surface area contributed by atoms with Crippen molar-refractivity contribution >= 4 is 73.5 Å². The first-order valence-corrected chi connectivity index (χ1v) is 10.0. The molecule has 0 saturated carbocycles. The first-order valence-electron chi connectivity index (χ1n) is 8.08. The molecule has 0 bridgehead atoms. The summed E-state index contributed by atoms with van der Waals surface area (Å²) in [5, 5.41) is 4.91. The molecule has 0 aliphatic rings. The second kappa shape index (κ2) is 7.97. The summed E-state index contributed by atoms with van der Waals surface area (Å²) in [5.74, 6) is 0.818. The zero-order valence-corrected chi connectivity index (χ0v) is 17.2. The van der Waals surface area contributed by atoms with Gasteiger partial charge in [-0.15, -0.1) is 0 Å². The highest BCUT2D eigenvalue weighted by atomic mass is 35.5. The molecule has 2 heterocycles. The fraction of sp³-hybridized carbons (Fsp3) is 0. The van der Waals surface area contributed by atoms with Crippen LogP contribution in [0.2, 0.25) is 15.1 Å². The minimum Gasteiger partial charge on any atom is -0.457 e. The van der Waals surface area contributed by atoms with Gasteiger partial charge in [-0.05, 0) is 54.6 Å². The maximum atomic E-state index is 12.2. The molecule has 4 rings (SSSR count). The maximum absolute atomic E-state index is 12.2. The smallest absolute Gasteiger partial charge is 0.250 e. The quantitative estimate of drug-likeness (QED) is 0.336. The zero-order chi connectivity index (χ0) is 19.7. The molecule has 0 fully saturated rings. The first kappa shape index (κ1) is 19.0. The number of thiazole rings is 1. The number of hydrogen-bond donors (Lipinski definition) is 1. The van der Waals surface area contributed by atoms with Crippen LogP contribution in [-0.4, -0.2) is 10.9 Å². The number of nitrogens with zero attached hydrogens (tertiary/aromatic N) is 1. The van der Waals surface area contributed by atoms with Crippen LogP contribution < -0.4 is 5.32 Å². The molecule has 0 aliphatic carbocycles. The Morgan fingerprint density at radius 3 is 2.57 bits per heavy atom. The normalized spacial score (nSPS) is 11.4. The number of aromatic nitrogens is 1. The number of nitrogens with one attached hydrogen (secondary N) is 1. The van der Waals surface area contributed by atoms with Crippen LogP contribution in [0.3, 0.4) is 0 Å². The average molecular weight is 450 g/mol. The molecule has 0 saturated heterocycles.